The van der Waals surface area contributed by atoms with Crippen LogP contribution in [0.5, 0.6) is 0 Å². The number of aromatic nitrogens is 2. The van der Waals surface area contributed by atoms with Crippen molar-refractivity contribution in [2.75, 3.05) is 6.61 Å². The molecule has 0 bridgehead atoms. The van der Waals surface area contributed by atoms with Gasteiger partial charge in [0.25, 0.3) is 0 Å². The highest BCUT2D eigenvalue weighted by Crippen LogP contribution is 2.25. The van der Waals surface area contributed by atoms with Gasteiger partial charge in [-0.05, 0) is 44.5 Å². The topological polar surface area (TPSA) is 53.2 Å². The summed E-state index contributed by atoms with van der Waals surface area (Å²) >= 11 is 0. The van der Waals surface area contributed by atoms with Crippen molar-refractivity contribution >= 4 is 11.8 Å². The molecule has 0 radical (unpaired) electrons. The van der Waals surface area contributed by atoms with E-state index < -0.39 is 5.97 Å². The van der Waals surface area contributed by atoms with E-state index in [-0.39, 0.29) is 18.4 Å². The van der Waals surface area contributed by atoms with Gasteiger partial charge in [-0.1, -0.05) is 30.3 Å². The third-order valence-electron chi connectivity index (χ3n) is 4.94. The minimum absolute atomic E-state index is 0.110. The maximum Gasteiger partial charge on any atom is 0.355 e. The lowest BCUT2D eigenvalue weighted by molar-refractivity contribution is 0.0465. The van der Waals surface area contributed by atoms with Crippen molar-refractivity contribution in [2.45, 2.75) is 26.8 Å². The first-order valence-corrected chi connectivity index (χ1v) is 8.95. The zero-order chi connectivity index (χ0) is 19.6. The minimum atomic E-state index is -0.498. The number of nitrogens with zero attached hydrogens (tertiary/aromatic N) is 2. The molecule has 0 aliphatic rings. The molecule has 0 fully saturated rings. The molecule has 0 saturated heterocycles. The Balaban J connectivity index is 1.76. The highest BCUT2D eigenvalue weighted by molar-refractivity contribution is 6.00. The number of ketones is 1. The van der Waals surface area contributed by atoms with Crippen LogP contribution in [0.3, 0.4) is 0 Å². The van der Waals surface area contributed by atoms with Gasteiger partial charge in [0, 0.05) is 30.2 Å². The van der Waals surface area contributed by atoms with E-state index in [4.69, 9.17) is 4.74 Å². The van der Waals surface area contributed by atoms with E-state index in [1.54, 1.807) is 29.9 Å². The van der Waals surface area contributed by atoms with Crippen molar-refractivity contribution in [3.8, 4) is 0 Å². The summed E-state index contributed by atoms with van der Waals surface area (Å²) in [5, 5.41) is 0. The lowest BCUT2D eigenvalue weighted by Crippen LogP contribution is -2.17. The van der Waals surface area contributed by atoms with Crippen LogP contribution >= 0.6 is 0 Å². The van der Waals surface area contributed by atoms with Gasteiger partial charge in [-0.2, -0.15) is 0 Å². The first kappa shape index (κ1) is 18.7. The molecule has 0 N–H and O–H groups in total. The minimum Gasteiger partial charge on any atom is -0.453 e. The van der Waals surface area contributed by atoms with E-state index in [0.717, 1.165) is 11.4 Å². The molecule has 1 aromatic carbocycles. The fourth-order valence-electron chi connectivity index (χ4n) is 3.49. The highest BCUT2D eigenvalue weighted by atomic mass is 16.5. The number of carbonyl (C=O) groups is 2. The second kappa shape index (κ2) is 7.66. The molecule has 3 rings (SSSR count). The molecule has 0 unspecified atom stereocenters. The van der Waals surface area contributed by atoms with E-state index in [2.05, 4.69) is 23.6 Å². The Hall–Kier alpha value is -3.08. The number of hydrogen-bond acceptors (Lipinski definition) is 3. The van der Waals surface area contributed by atoms with Crippen LogP contribution < -0.4 is 0 Å². The predicted octanol–water partition coefficient (Wildman–Crippen LogP) is 4.09. The SMILES string of the molecule is Cc1cc(C(=O)COC(=O)c2cccn2C)c(C)n1[C@H](C)c1ccccc1. The Bertz CT molecular complexity index is 967. The van der Waals surface area contributed by atoms with Crippen molar-refractivity contribution in [2.24, 2.45) is 7.05 Å². The van der Waals surface area contributed by atoms with Crippen molar-refractivity contribution in [3.05, 3.63) is 82.9 Å². The van der Waals surface area contributed by atoms with Crippen molar-refractivity contribution in [1.82, 2.24) is 9.13 Å². The maximum absolute atomic E-state index is 12.7. The van der Waals surface area contributed by atoms with E-state index in [1.165, 1.54) is 5.56 Å². The van der Waals surface area contributed by atoms with Gasteiger partial charge in [0.05, 0.1) is 6.04 Å². The standard InChI is InChI=1S/C22H24N2O3/c1-15-13-19(17(3)24(15)16(2)18-9-6-5-7-10-18)21(25)14-27-22(26)20-11-8-12-23(20)4/h5-13,16H,14H2,1-4H3/t16-/m1/s1. The van der Waals surface area contributed by atoms with Gasteiger partial charge in [0.15, 0.2) is 6.61 Å². The van der Waals surface area contributed by atoms with Crippen molar-refractivity contribution in [3.63, 3.8) is 0 Å². The molecular formula is C22H24N2O3. The molecule has 3 aromatic rings. The van der Waals surface area contributed by atoms with E-state index in [0.29, 0.717) is 11.3 Å². The summed E-state index contributed by atoms with van der Waals surface area (Å²) in [4.78, 5) is 24.8. The van der Waals surface area contributed by atoms with Crippen LogP contribution in [0.2, 0.25) is 0 Å². The van der Waals surface area contributed by atoms with Crippen LogP contribution in [0.25, 0.3) is 0 Å². The molecule has 27 heavy (non-hydrogen) atoms. The van der Waals surface area contributed by atoms with Gasteiger partial charge >= 0.3 is 5.97 Å². The molecule has 0 amide bonds. The summed E-state index contributed by atoms with van der Waals surface area (Å²) in [6, 6.07) is 15.6. The second-order valence-corrected chi connectivity index (χ2v) is 6.75. The largest absolute Gasteiger partial charge is 0.453 e. The molecular weight excluding hydrogens is 340 g/mol. The Kier molecular flexibility index (Phi) is 5.31. The Morgan fingerprint density at radius 1 is 1.07 bits per heavy atom. The fourth-order valence-corrected chi connectivity index (χ4v) is 3.49. The molecule has 0 saturated carbocycles. The quantitative estimate of drug-likeness (QED) is 0.489. The van der Waals surface area contributed by atoms with Crippen molar-refractivity contribution < 1.29 is 14.3 Å². The zero-order valence-corrected chi connectivity index (χ0v) is 16.1. The zero-order valence-electron chi connectivity index (χ0n) is 16.1. The van der Waals surface area contributed by atoms with Gasteiger partial charge in [0.2, 0.25) is 5.78 Å². The molecule has 0 aliphatic carbocycles. The summed E-state index contributed by atoms with van der Waals surface area (Å²) in [5.41, 5.74) is 4.07. The summed E-state index contributed by atoms with van der Waals surface area (Å²) in [7, 11) is 1.76. The average molecular weight is 364 g/mol. The number of ether oxygens (including phenoxy) is 1. The van der Waals surface area contributed by atoms with Crippen LogP contribution in [0, 0.1) is 13.8 Å². The van der Waals surface area contributed by atoms with Crippen LogP contribution in [0.1, 0.15) is 50.8 Å². The number of carbonyl (C=O) groups excluding carboxylic acids is 2. The molecule has 0 spiro atoms. The second-order valence-electron chi connectivity index (χ2n) is 6.75. The molecule has 5 heteroatoms. The lowest BCUT2D eigenvalue weighted by atomic mass is 10.1. The number of aryl methyl sites for hydroxylation is 2. The van der Waals surface area contributed by atoms with Crippen molar-refractivity contribution in [1.29, 1.82) is 0 Å². The smallest absolute Gasteiger partial charge is 0.355 e. The molecule has 1 atom stereocenters. The summed E-state index contributed by atoms with van der Waals surface area (Å²) in [5.74, 6) is -0.695. The van der Waals surface area contributed by atoms with Crippen LogP contribution in [-0.4, -0.2) is 27.5 Å². The average Bonchev–Trinajstić information content (AvgIpc) is 3.22. The van der Waals surface area contributed by atoms with E-state index in [9.17, 15) is 9.59 Å². The number of esters is 1. The summed E-state index contributed by atoms with van der Waals surface area (Å²) in [6.45, 7) is 5.75. The molecule has 0 aliphatic heterocycles. The molecule has 2 heterocycles. The third-order valence-corrected chi connectivity index (χ3v) is 4.94. The van der Waals surface area contributed by atoms with Gasteiger partial charge in [-0.25, -0.2) is 4.79 Å². The molecule has 5 nitrogen and oxygen atoms in total. The van der Waals surface area contributed by atoms with Crippen LogP contribution in [-0.2, 0) is 11.8 Å². The van der Waals surface area contributed by atoms with E-state index >= 15 is 0 Å². The Morgan fingerprint density at radius 2 is 1.78 bits per heavy atom. The van der Waals surface area contributed by atoms with Gasteiger partial charge in [-0.15, -0.1) is 0 Å². The molecule has 2 aromatic heterocycles. The van der Waals surface area contributed by atoms with E-state index in [1.807, 2.05) is 38.1 Å². The summed E-state index contributed by atoms with van der Waals surface area (Å²) in [6.07, 6.45) is 1.76. The van der Waals surface area contributed by atoms with Gasteiger partial charge < -0.3 is 13.9 Å². The third kappa shape index (κ3) is 3.72. The van der Waals surface area contributed by atoms with Gasteiger partial charge in [-0.3, -0.25) is 4.79 Å². The highest BCUT2D eigenvalue weighted by Gasteiger charge is 2.21. The Morgan fingerprint density at radius 3 is 2.41 bits per heavy atom. The summed E-state index contributed by atoms with van der Waals surface area (Å²) < 4.78 is 9.02. The number of rotatable bonds is 6. The normalized spacial score (nSPS) is 12.0. The fraction of sp³-hybridized carbons (Fsp3) is 0.273. The lowest BCUT2D eigenvalue weighted by Gasteiger charge is -2.19. The first-order valence-electron chi connectivity index (χ1n) is 8.95. The maximum atomic E-state index is 12.7. The Labute approximate surface area is 159 Å². The monoisotopic (exact) mass is 364 g/mol. The van der Waals surface area contributed by atoms with Crippen LogP contribution in [0.15, 0.2) is 54.7 Å². The predicted molar refractivity (Wildman–Crippen MR) is 104 cm³/mol. The van der Waals surface area contributed by atoms with Gasteiger partial charge in [0.1, 0.15) is 5.69 Å². The number of benzene rings is 1. The first-order chi connectivity index (χ1) is 12.9. The number of Topliss-reactive ketones (excluding diaryl/α,β-unsaturated/α-hetero) is 1. The van der Waals surface area contributed by atoms with Crippen LogP contribution in [0.4, 0.5) is 0 Å². The molecule has 140 valence electrons. The number of hydrogen-bond donors (Lipinski definition) is 0.